The Labute approximate surface area is 461 Å². The van der Waals surface area contributed by atoms with Crippen LogP contribution in [0.5, 0.6) is 0 Å². The summed E-state index contributed by atoms with van der Waals surface area (Å²) in [5.41, 5.74) is 28.2. The fourth-order valence-corrected chi connectivity index (χ4v) is 13.4. The average Bonchev–Trinajstić information content (AvgIpc) is 3.80. The Morgan fingerprint density at radius 1 is 0.397 bits per heavy atom. The molecule has 380 valence electrons. The molecule has 13 rings (SSSR count). The fraction of sp³-hybridized carbons (Fsp3) is 0.197. The highest BCUT2D eigenvalue weighted by Crippen LogP contribution is 2.43. The standard InChI is InChI=1S/C71H65B2N5/c1-42-34-44(3)63(45(4)35-42)72-56-38-50(70(7,8)9)30-32-61(56)78-62-33-31-51(71(10,11)12)39-57(62)73(64-46(5)36-43(2)37-47(64)6)59-41-52(40-58(72)66(59)78)77-60-29-20-19-26-53(60)54-27-21-28-55(65(54)77)69-75-67(48-22-15-13-16-23-48)74-68(76-69)49-24-17-14-18-25-49/h13-41H,1-12H3. The summed E-state index contributed by atoms with van der Waals surface area (Å²) in [5, 5.41) is 2.31. The number of hydrogen-bond acceptors (Lipinski definition) is 4. The molecule has 2 aromatic heterocycles. The summed E-state index contributed by atoms with van der Waals surface area (Å²) in [6.45, 7) is 27.7. The number of nitrogens with zero attached hydrogens (tertiary/aromatic N) is 5. The zero-order valence-electron chi connectivity index (χ0n) is 47.1. The minimum atomic E-state index is -0.0814. The molecule has 0 atom stereocenters. The third-order valence-corrected chi connectivity index (χ3v) is 16.8. The predicted molar refractivity (Wildman–Crippen MR) is 333 cm³/mol. The Balaban J connectivity index is 1.20. The van der Waals surface area contributed by atoms with E-state index in [0.29, 0.717) is 17.5 Å². The first kappa shape index (κ1) is 49.3. The van der Waals surface area contributed by atoms with Crippen molar-refractivity contribution in [3.05, 3.63) is 220 Å². The Kier molecular flexibility index (Phi) is 11.5. The summed E-state index contributed by atoms with van der Waals surface area (Å²) in [4.78, 5) is 18.6. The van der Waals surface area contributed by atoms with Gasteiger partial charge in [-0.2, -0.15) is 0 Å². The topological polar surface area (TPSA) is 46.8 Å². The van der Waals surface area contributed by atoms with Crippen molar-refractivity contribution >= 4 is 85.1 Å². The number of fused-ring (bicyclic) bond motifs is 7. The molecule has 0 saturated carbocycles. The number of hydrogen-bond donors (Lipinski definition) is 0. The predicted octanol–water partition coefficient (Wildman–Crippen LogP) is 13.5. The van der Waals surface area contributed by atoms with Crippen LogP contribution in [0.15, 0.2) is 176 Å². The van der Waals surface area contributed by atoms with Crippen LogP contribution in [0.3, 0.4) is 0 Å². The summed E-state index contributed by atoms with van der Waals surface area (Å²) in [5.74, 6) is 1.90. The molecule has 5 nitrogen and oxygen atoms in total. The van der Waals surface area contributed by atoms with Crippen LogP contribution < -0.4 is 37.7 Å². The maximum absolute atomic E-state index is 5.40. The van der Waals surface area contributed by atoms with Crippen LogP contribution in [-0.2, 0) is 10.8 Å². The van der Waals surface area contributed by atoms with E-state index in [1.807, 2.05) is 36.4 Å². The zero-order chi connectivity index (χ0) is 54.1. The Morgan fingerprint density at radius 2 is 0.833 bits per heavy atom. The molecule has 0 bridgehead atoms. The summed E-state index contributed by atoms with van der Waals surface area (Å²) in [6, 6.07) is 65.6. The molecule has 0 aliphatic carbocycles. The smallest absolute Gasteiger partial charge is 0.247 e. The molecule has 2 aliphatic rings. The number of benzene rings is 9. The maximum atomic E-state index is 5.40. The number of aromatic nitrogens is 4. The molecule has 0 N–H and O–H groups in total. The first-order valence-electron chi connectivity index (χ1n) is 27.7. The lowest BCUT2D eigenvalue weighted by Crippen LogP contribution is -2.66. The Bertz CT molecular complexity index is 4000. The largest absolute Gasteiger partial charge is 0.313 e. The lowest BCUT2D eigenvalue weighted by molar-refractivity contribution is 0.590. The quantitative estimate of drug-likeness (QED) is 0.156. The molecule has 0 amide bonds. The second kappa shape index (κ2) is 18.2. The number of anilines is 3. The van der Waals surface area contributed by atoms with E-state index in [-0.39, 0.29) is 24.3 Å². The lowest BCUT2D eigenvalue weighted by atomic mass is 9.29. The van der Waals surface area contributed by atoms with Crippen molar-refractivity contribution in [3.8, 4) is 39.9 Å². The van der Waals surface area contributed by atoms with Crippen molar-refractivity contribution in [1.29, 1.82) is 0 Å². The second-order valence-corrected chi connectivity index (χ2v) is 24.4. The molecule has 7 heteroatoms. The molecule has 0 unspecified atom stereocenters. The van der Waals surface area contributed by atoms with Crippen LogP contribution in [-0.4, -0.2) is 32.9 Å². The Hall–Kier alpha value is -8.28. The molecule has 0 fully saturated rings. The SMILES string of the molecule is Cc1cc(C)c(B2c3cc(C(C)(C)C)ccc3N3c4ccc(C(C)(C)C)cc4B(c4c(C)cc(C)cc4C)c4cc(-n5c6ccccc6c6cccc(-c7nc(-c8ccccc8)nc(-c8ccccc8)n7)c65)cc2c43)c(C)c1. The monoisotopic (exact) mass is 1010 g/mol. The first-order chi connectivity index (χ1) is 37.4. The first-order valence-corrected chi connectivity index (χ1v) is 27.7. The molecule has 0 spiro atoms. The van der Waals surface area contributed by atoms with Gasteiger partial charge in [0.15, 0.2) is 17.5 Å². The maximum Gasteiger partial charge on any atom is 0.247 e. The van der Waals surface area contributed by atoms with Gasteiger partial charge in [0.1, 0.15) is 0 Å². The van der Waals surface area contributed by atoms with Gasteiger partial charge in [0.2, 0.25) is 13.4 Å². The zero-order valence-corrected chi connectivity index (χ0v) is 47.1. The second-order valence-electron chi connectivity index (χ2n) is 24.4. The van der Waals surface area contributed by atoms with Gasteiger partial charge in [0.25, 0.3) is 0 Å². The summed E-state index contributed by atoms with van der Waals surface area (Å²) < 4.78 is 2.54. The van der Waals surface area contributed by atoms with Crippen LogP contribution in [0.2, 0.25) is 0 Å². The molecule has 0 radical (unpaired) electrons. The minimum absolute atomic E-state index is 0.0770. The minimum Gasteiger partial charge on any atom is -0.313 e. The van der Waals surface area contributed by atoms with E-state index in [2.05, 4.69) is 232 Å². The van der Waals surface area contributed by atoms with Crippen molar-refractivity contribution < 1.29 is 0 Å². The van der Waals surface area contributed by atoms with Gasteiger partial charge in [-0.3, -0.25) is 0 Å². The van der Waals surface area contributed by atoms with Gasteiger partial charge in [-0.05, 0) is 122 Å². The van der Waals surface area contributed by atoms with Crippen molar-refractivity contribution in [2.45, 2.75) is 93.9 Å². The third-order valence-electron chi connectivity index (χ3n) is 16.8. The molecule has 0 saturated heterocycles. The average molecular weight is 1010 g/mol. The van der Waals surface area contributed by atoms with Crippen LogP contribution in [0.25, 0.3) is 61.7 Å². The molecule has 4 heterocycles. The molecular formula is C71H65B2N5. The Morgan fingerprint density at radius 3 is 1.31 bits per heavy atom. The highest BCUT2D eigenvalue weighted by Gasteiger charge is 2.46. The molecule has 2 aliphatic heterocycles. The molecule has 11 aromatic rings. The van der Waals surface area contributed by atoms with Gasteiger partial charge in [-0.15, -0.1) is 0 Å². The van der Waals surface area contributed by atoms with E-state index in [9.17, 15) is 0 Å². The highest BCUT2D eigenvalue weighted by atomic mass is 15.2. The fourth-order valence-electron chi connectivity index (χ4n) is 13.4. The van der Waals surface area contributed by atoms with Gasteiger partial charge in [-0.25, -0.2) is 15.0 Å². The van der Waals surface area contributed by atoms with E-state index >= 15 is 0 Å². The van der Waals surface area contributed by atoms with Crippen LogP contribution in [0.1, 0.15) is 86.1 Å². The van der Waals surface area contributed by atoms with Gasteiger partial charge in [0.05, 0.1) is 11.0 Å². The lowest BCUT2D eigenvalue weighted by Gasteiger charge is -2.45. The van der Waals surface area contributed by atoms with Gasteiger partial charge < -0.3 is 9.47 Å². The van der Waals surface area contributed by atoms with Crippen molar-refractivity contribution in [1.82, 2.24) is 19.5 Å². The number of rotatable bonds is 6. The van der Waals surface area contributed by atoms with Crippen LogP contribution in [0, 0.1) is 41.5 Å². The summed E-state index contributed by atoms with van der Waals surface area (Å²) in [6.07, 6.45) is 0. The number of aryl methyl sites for hydroxylation is 6. The number of para-hydroxylation sites is 2. The van der Waals surface area contributed by atoms with Crippen LogP contribution in [0.4, 0.5) is 17.1 Å². The highest BCUT2D eigenvalue weighted by molar-refractivity contribution is 7.02. The molecule has 9 aromatic carbocycles. The molecule has 78 heavy (non-hydrogen) atoms. The molecular weight excluding hydrogens is 944 g/mol. The van der Waals surface area contributed by atoms with Gasteiger partial charge in [0, 0.05) is 50.2 Å². The van der Waals surface area contributed by atoms with E-state index < -0.39 is 0 Å². The van der Waals surface area contributed by atoms with Gasteiger partial charge >= 0.3 is 0 Å². The van der Waals surface area contributed by atoms with E-state index in [0.717, 1.165) is 38.8 Å². The normalized spacial score (nSPS) is 13.1. The third kappa shape index (κ3) is 7.95. The van der Waals surface area contributed by atoms with Crippen LogP contribution >= 0.6 is 0 Å². The van der Waals surface area contributed by atoms with Crippen molar-refractivity contribution in [3.63, 3.8) is 0 Å². The van der Waals surface area contributed by atoms with Gasteiger partial charge in [-0.1, -0.05) is 225 Å². The van der Waals surface area contributed by atoms with E-state index in [1.54, 1.807) is 0 Å². The van der Waals surface area contributed by atoms with E-state index in [1.165, 1.54) is 99.7 Å². The van der Waals surface area contributed by atoms with E-state index in [4.69, 9.17) is 15.0 Å². The van der Waals surface area contributed by atoms with Crippen molar-refractivity contribution in [2.75, 3.05) is 4.90 Å². The summed E-state index contributed by atoms with van der Waals surface area (Å²) in [7, 11) is 0. The summed E-state index contributed by atoms with van der Waals surface area (Å²) >= 11 is 0. The van der Waals surface area contributed by atoms with Crippen molar-refractivity contribution in [2.24, 2.45) is 0 Å².